The zero-order chi connectivity index (χ0) is 20.0. The molecule has 0 aromatic heterocycles. The zero-order valence-electron chi connectivity index (χ0n) is 15.6. The summed E-state index contributed by atoms with van der Waals surface area (Å²) in [7, 11) is 0. The van der Waals surface area contributed by atoms with E-state index in [1.165, 1.54) is 11.8 Å². The number of carbonyl (C=O) groups excluding carboxylic acids is 3. The molecule has 2 aliphatic rings. The van der Waals surface area contributed by atoms with Gasteiger partial charge in [-0.05, 0) is 12.8 Å². The highest BCUT2D eigenvalue weighted by Gasteiger charge is 2.41. The van der Waals surface area contributed by atoms with Gasteiger partial charge in [-0.2, -0.15) is 0 Å². The van der Waals surface area contributed by atoms with E-state index in [1.54, 1.807) is 0 Å². The monoisotopic (exact) mass is 400 g/mol. The van der Waals surface area contributed by atoms with Gasteiger partial charge in [-0.1, -0.05) is 37.4 Å². The number of aliphatic hydroxyl groups excluding tert-OH is 1. The quantitative estimate of drug-likeness (QED) is 0.637. The van der Waals surface area contributed by atoms with Gasteiger partial charge in [0.1, 0.15) is 12.1 Å². The van der Waals surface area contributed by atoms with Crippen molar-refractivity contribution in [3.8, 4) is 0 Å². The van der Waals surface area contributed by atoms with Crippen molar-refractivity contribution in [1.29, 1.82) is 0 Å². The van der Waals surface area contributed by atoms with Gasteiger partial charge in [-0.3, -0.25) is 14.4 Å². The molecule has 152 valence electrons. The molecule has 0 radical (unpaired) electrons. The predicted octanol–water partition coefficient (Wildman–Crippen LogP) is 0.768. The van der Waals surface area contributed by atoms with Crippen LogP contribution in [0.1, 0.15) is 51.9 Å². The smallest absolute Gasteiger partial charge is 0.326 e. The third-order valence-corrected chi connectivity index (χ3v) is 6.09. The minimum Gasteiger partial charge on any atom is -0.480 e. The molecule has 2 rings (SSSR count). The number of aliphatic carboxylic acids is 1. The molecule has 2 amide bonds. The molecule has 4 atom stereocenters. The van der Waals surface area contributed by atoms with Crippen molar-refractivity contribution in [3.63, 3.8) is 0 Å². The van der Waals surface area contributed by atoms with Gasteiger partial charge in [0.05, 0.1) is 6.10 Å². The molecule has 3 N–H and O–H groups in total. The number of likely N-dealkylation sites (tertiary alicyclic amines) is 1. The standard InChI is InChI=1S/C18H28N2O6S/c1-11(21)27-10-12-6-4-2-3-5-7-14(19-16(12)23)17(24)20-9-13(22)8-15(20)18(25)26/h12-15,22H,2-10H2,1H3,(H,19,23)(H,25,26). The van der Waals surface area contributed by atoms with Crippen LogP contribution in [0, 0.1) is 5.92 Å². The van der Waals surface area contributed by atoms with E-state index >= 15 is 0 Å². The highest BCUT2D eigenvalue weighted by Crippen LogP contribution is 2.23. The Morgan fingerprint density at radius 2 is 1.85 bits per heavy atom. The number of aliphatic hydroxyl groups is 1. The second-order valence-corrected chi connectivity index (χ2v) is 8.48. The Kier molecular flexibility index (Phi) is 8.09. The molecule has 2 heterocycles. The van der Waals surface area contributed by atoms with Crippen LogP contribution in [0.4, 0.5) is 0 Å². The molecule has 0 saturated carbocycles. The Bertz CT molecular complexity index is 584. The molecule has 0 spiro atoms. The van der Waals surface area contributed by atoms with Gasteiger partial charge in [0.25, 0.3) is 0 Å². The molecule has 8 nitrogen and oxygen atoms in total. The second kappa shape index (κ2) is 10.1. The largest absolute Gasteiger partial charge is 0.480 e. The van der Waals surface area contributed by atoms with Crippen molar-refractivity contribution in [2.45, 2.75) is 70.1 Å². The van der Waals surface area contributed by atoms with Crippen molar-refractivity contribution in [3.05, 3.63) is 0 Å². The van der Waals surface area contributed by atoms with E-state index in [2.05, 4.69) is 5.32 Å². The maximum atomic E-state index is 12.9. The van der Waals surface area contributed by atoms with E-state index in [4.69, 9.17) is 0 Å². The van der Waals surface area contributed by atoms with Crippen LogP contribution in [-0.2, 0) is 19.2 Å². The average molecular weight is 400 g/mol. The number of hydrogen-bond acceptors (Lipinski definition) is 6. The van der Waals surface area contributed by atoms with E-state index in [9.17, 15) is 29.4 Å². The van der Waals surface area contributed by atoms with E-state index in [1.807, 2.05) is 0 Å². The van der Waals surface area contributed by atoms with Crippen LogP contribution in [-0.4, -0.2) is 68.5 Å². The lowest BCUT2D eigenvalue weighted by molar-refractivity contribution is -0.149. The molecule has 0 aliphatic carbocycles. The minimum absolute atomic E-state index is 0.000381. The fourth-order valence-corrected chi connectivity index (χ4v) is 4.39. The lowest BCUT2D eigenvalue weighted by Crippen LogP contribution is -2.53. The summed E-state index contributed by atoms with van der Waals surface area (Å²) in [5, 5.41) is 21.8. The molecular weight excluding hydrogens is 372 g/mol. The number of amides is 2. The van der Waals surface area contributed by atoms with Gasteiger partial charge in [0, 0.05) is 31.6 Å². The molecule has 4 unspecified atom stereocenters. The van der Waals surface area contributed by atoms with Crippen molar-refractivity contribution < 1.29 is 29.4 Å². The zero-order valence-corrected chi connectivity index (χ0v) is 16.4. The lowest BCUT2D eigenvalue weighted by atomic mass is 9.97. The molecule has 2 fully saturated rings. The minimum atomic E-state index is -1.15. The number of nitrogens with zero attached hydrogens (tertiary/aromatic N) is 1. The van der Waals surface area contributed by atoms with Crippen molar-refractivity contribution >= 4 is 34.7 Å². The summed E-state index contributed by atoms with van der Waals surface area (Å²) < 4.78 is 0. The Morgan fingerprint density at radius 3 is 2.48 bits per heavy atom. The van der Waals surface area contributed by atoms with E-state index in [0.29, 0.717) is 18.6 Å². The van der Waals surface area contributed by atoms with Gasteiger partial charge in [-0.25, -0.2) is 4.79 Å². The fourth-order valence-electron chi connectivity index (χ4n) is 3.64. The Hall–Kier alpha value is -1.61. The molecular formula is C18H28N2O6S. The Balaban J connectivity index is 2.10. The topological polar surface area (TPSA) is 124 Å². The summed E-state index contributed by atoms with van der Waals surface area (Å²) in [5.41, 5.74) is 0. The van der Waals surface area contributed by atoms with Crippen molar-refractivity contribution in [2.24, 2.45) is 5.92 Å². The Labute approximate surface area is 163 Å². The van der Waals surface area contributed by atoms with Gasteiger partial charge in [0.2, 0.25) is 11.8 Å². The molecule has 2 saturated heterocycles. The van der Waals surface area contributed by atoms with E-state index in [0.717, 1.165) is 37.4 Å². The van der Waals surface area contributed by atoms with Crippen LogP contribution >= 0.6 is 11.8 Å². The van der Waals surface area contributed by atoms with Crippen LogP contribution in [0.3, 0.4) is 0 Å². The summed E-state index contributed by atoms with van der Waals surface area (Å²) in [6.45, 7) is 1.42. The first-order valence-corrected chi connectivity index (χ1v) is 10.4. The summed E-state index contributed by atoms with van der Waals surface area (Å²) in [5.74, 6) is -1.85. The molecule has 0 aromatic carbocycles. The first-order valence-electron chi connectivity index (χ1n) is 9.44. The van der Waals surface area contributed by atoms with Gasteiger partial charge in [-0.15, -0.1) is 0 Å². The van der Waals surface area contributed by atoms with Gasteiger partial charge < -0.3 is 20.4 Å². The maximum Gasteiger partial charge on any atom is 0.326 e. The first-order chi connectivity index (χ1) is 12.8. The molecule has 27 heavy (non-hydrogen) atoms. The van der Waals surface area contributed by atoms with Crippen LogP contribution in [0.15, 0.2) is 0 Å². The summed E-state index contributed by atoms with van der Waals surface area (Å²) in [6.07, 6.45) is 3.77. The number of nitrogens with one attached hydrogen (secondary N) is 1. The number of hydrogen-bond donors (Lipinski definition) is 3. The number of carboxylic acids is 1. The number of thioether (sulfide) groups is 1. The number of carbonyl (C=O) groups is 4. The Morgan fingerprint density at radius 1 is 1.19 bits per heavy atom. The lowest BCUT2D eigenvalue weighted by Gasteiger charge is -2.29. The normalized spacial score (nSPS) is 29.9. The summed E-state index contributed by atoms with van der Waals surface area (Å²) in [4.78, 5) is 49.4. The highest BCUT2D eigenvalue weighted by atomic mass is 32.2. The average Bonchev–Trinajstić information content (AvgIpc) is 3.00. The molecule has 2 aliphatic heterocycles. The van der Waals surface area contributed by atoms with E-state index in [-0.39, 0.29) is 29.9 Å². The molecule has 9 heteroatoms. The third kappa shape index (κ3) is 6.21. The van der Waals surface area contributed by atoms with Crippen LogP contribution in [0.5, 0.6) is 0 Å². The number of rotatable bonds is 4. The van der Waals surface area contributed by atoms with Crippen molar-refractivity contribution in [1.82, 2.24) is 10.2 Å². The molecule has 0 bridgehead atoms. The van der Waals surface area contributed by atoms with Gasteiger partial charge in [0.15, 0.2) is 5.12 Å². The summed E-state index contributed by atoms with van der Waals surface area (Å²) >= 11 is 1.10. The number of carboxylic acid groups (broad SMARTS) is 1. The fraction of sp³-hybridized carbons (Fsp3) is 0.778. The number of β-amino-alcohol motifs (C(OH)–C–C–N with tert-alkyl or cyclic N) is 1. The van der Waals surface area contributed by atoms with Crippen LogP contribution in [0.2, 0.25) is 0 Å². The van der Waals surface area contributed by atoms with E-state index < -0.39 is 30.1 Å². The van der Waals surface area contributed by atoms with Gasteiger partial charge >= 0.3 is 5.97 Å². The van der Waals surface area contributed by atoms with Crippen LogP contribution < -0.4 is 5.32 Å². The summed E-state index contributed by atoms with van der Waals surface area (Å²) in [6, 6.07) is -1.86. The predicted molar refractivity (Wildman–Crippen MR) is 100 cm³/mol. The second-order valence-electron chi connectivity index (χ2n) is 7.29. The SMILES string of the molecule is CC(=O)SCC1CCCCCCC(C(=O)N2CC(O)CC2C(=O)O)NC1=O. The maximum absolute atomic E-state index is 12.9. The van der Waals surface area contributed by atoms with Crippen LogP contribution in [0.25, 0.3) is 0 Å². The highest BCUT2D eigenvalue weighted by molar-refractivity contribution is 8.13. The first kappa shape index (κ1) is 21.7. The third-order valence-electron chi connectivity index (χ3n) is 5.12. The van der Waals surface area contributed by atoms with Crippen molar-refractivity contribution in [2.75, 3.05) is 12.3 Å². The molecule has 0 aromatic rings.